The molecule has 0 bridgehead atoms. The molecule has 0 radical (unpaired) electrons. The highest BCUT2D eigenvalue weighted by Crippen LogP contribution is 2.22. The molecule has 0 rings (SSSR count). The molecule has 0 N–H and O–H groups in total. The Morgan fingerprint density at radius 1 is 1.27 bits per heavy atom. The van der Waals surface area contributed by atoms with Gasteiger partial charge in [0.05, 0.1) is 12.4 Å². The van der Waals surface area contributed by atoms with E-state index in [0.717, 1.165) is 6.26 Å². The highest BCUT2D eigenvalue weighted by Gasteiger charge is 2.23. The molecule has 0 spiro atoms. The molecule has 0 aromatic heterocycles. The van der Waals surface area contributed by atoms with Gasteiger partial charge in [0.25, 0.3) is 10.1 Å². The van der Waals surface area contributed by atoms with Crippen LogP contribution in [0.2, 0.25) is 0 Å². The molecule has 1 unspecified atom stereocenters. The Bertz CT molecular complexity index is 210. The summed E-state index contributed by atoms with van der Waals surface area (Å²) >= 11 is 0. The SMILES string of the molecule is CC(OS(C)(=O)=O)C(C)(C)C. The number of hydrogen-bond donors (Lipinski definition) is 0. The van der Waals surface area contributed by atoms with Gasteiger partial charge in [0.1, 0.15) is 0 Å². The maximum atomic E-state index is 10.7. The molecule has 0 saturated heterocycles. The van der Waals surface area contributed by atoms with Crippen molar-refractivity contribution in [1.29, 1.82) is 0 Å². The van der Waals surface area contributed by atoms with Gasteiger partial charge < -0.3 is 0 Å². The van der Waals surface area contributed by atoms with Gasteiger partial charge in [-0.2, -0.15) is 8.42 Å². The first-order chi connectivity index (χ1) is 4.63. The van der Waals surface area contributed by atoms with E-state index in [-0.39, 0.29) is 11.5 Å². The minimum absolute atomic E-state index is 0.136. The quantitative estimate of drug-likeness (QED) is 0.603. The van der Waals surface area contributed by atoms with E-state index in [4.69, 9.17) is 4.18 Å². The molecule has 0 aliphatic carbocycles. The van der Waals surface area contributed by atoms with Gasteiger partial charge in [-0.05, 0) is 12.3 Å². The normalized spacial score (nSPS) is 16.5. The summed E-state index contributed by atoms with van der Waals surface area (Å²) in [5.74, 6) is 0. The average molecular weight is 180 g/mol. The Balaban J connectivity index is 4.21. The largest absolute Gasteiger partial charge is 0.267 e. The molecule has 0 aromatic rings. The van der Waals surface area contributed by atoms with Crippen LogP contribution in [0.3, 0.4) is 0 Å². The third kappa shape index (κ3) is 5.21. The first-order valence-electron chi connectivity index (χ1n) is 3.51. The van der Waals surface area contributed by atoms with E-state index in [2.05, 4.69) is 0 Å². The van der Waals surface area contributed by atoms with Gasteiger partial charge in [-0.1, -0.05) is 20.8 Å². The van der Waals surface area contributed by atoms with Crippen LogP contribution >= 0.6 is 0 Å². The van der Waals surface area contributed by atoms with Gasteiger partial charge in [-0.25, -0.2) is 0 Å². The van der Waals surface area contributed by atoms with Crippen molar-refractivity contribution in [3.8, 4) is 0 Å². The van der Waals surface area contributed by atoms with Gasteiger partial charge in [0.2, 0.25) is 0 Å². The zero-order valence-electron chi connectivity index (χ0n) is 7.71. The van der Waals surface area contributed by atoms with Gasteiger partial charge in [0.15, 0.2) is 0 Å². The second-order valence-electron chi connectivity index (χ2n) is 3.81. The fraction of sp³-hybridized carbons (Fsp3) is 1.00. The molecule has 0 aromatic carbocycles. The Hall–Kier alpha value is -0.0900. The van der Waals surface area contributed by atoms with Crippen molar-refractivity contribution < 1.29 is 12.6 Å². The Morgan fingerprint density at radius 3 is 1.73 bits per heavy atom. The zero-order valence-corrected chi connectivity index (χ0v) is 8.53. The van der Waals surface area contributed by atoms with Crippen molar-refractivity contribution in [2.45, 2.75) is 33.8 Å². The lowest BCUT2D eigenvalue weighted by Crippen LogP contribution is -2.28. The molecule has 0 aliphatic heterocycles. The molecular weight excluding hydrogens is 164 g/mol. The second-order valence-corrected chi connectivity index (χ2v) is 5.41. The van der Waals surface area contributed by atoms with Gasteiger partial charge in [0, 0.05) is 0 Å². The topological polar surface area (TPSA) is 43.4 Å². The summed E-state index contributed by atoms with van der Waals surface area (Å²) in [5, 5.41) is 0. The molecule has 68 valence electrons. The zero-order chi connectivity index (χ0) is 9.28. The van der Waals surface area contributed by atoms with Gasteiger partial charge in [-0.3, -0.25) is 4.18 Å². The van der Waals surface area contributed by atoms with Crippen LogP contribution in [-0.4, -0.2) is 20.8 Å². The monoisotopic (exact) mass is 180 g/mol. The van der Waals surface area contributed by atoms with E-state index in [1.54, 1.807) is 6.92 Å². The lowest BCUT2D eigenvalue weighted by molar-refractivity contribution is 0.111. The molecule has 4 heteroatoms. The van der Waals surface area contributed by atoms with Crippen LogP contribution in [-0.2, 0) is 14.3 Å². The molecule has 0 fully saturated rings. The fourth-order valence-corrected chi connectivity index (χ4v) is 1.22. The van der Waals surface area contributed by atoms with Crippen LogP contribution < -0.4 is 0 Å². The van der Waals surface area contributed by atoms with E-state index in [1.807, 2.05) is 20.8 Å². The number of rotatable bonds is 2. The van der Waals surface area contributed by atoms with E-state index < -0.39 is 10.1 Å². The summed E-state index contributed by atoms with van der Waals surface area (Å²) in [6, 6.07) is 0. The minimum Gasteiger partial charge on any atom is -0.267 e. The maximum absolute atomic E-state index is 10.7. The summed E-state index contributed by atoms with van der Waals surface area (Å²) in [6.45, 7) is 7.55. The van der Waals surface area contributed by atoms with Gasteiger partial charge in [-0.15, -0.1) is 0 Å². The summed E-state index contributed by atoms with van der Waals surface area (Å²) in [4.78, 5) is 0. The van der Waals surface area contributed by atoms with E-state index in [0.29, 0.717) is 0 Å². The van der Waals surface area contributed by atoms with E-state index in [9.17, 15) is 8.42 Å². The van der Waals surface area contributed by atoms with Crippen molar-refractivity contribution in [3.05, 3.63) is 0 Å². The minimum atomic E-state index is -3.31. The molecule has 0 amide bonds. The Morgan fingerprint density at radius 2 is 1.64 bits per heavy atom. The summed E-state index contributed by atoms with van der Waals surface area (Å²) < 4.78 is 26.1. The van der Waals surface area contributed by atoms with Crippen LogP contribution in [0.15, 0.2) is 0 Å². The molecular formula is C7H16O3S. The Labute approximate surface area is 68.9 Å². The van der Waals surface area contributed by atoms with Crippen molar-refractivity contribution in [2.75, 3.05) is 6.26 Å². The van der Waals surface area contributed by atoms with Crippen molar-refractivity contribution in [3.63, 3.8) is 0 Å². The third-order valence-corrected chi connectivity index (χ3v) is 2.18. The van der Waals surface area contributed by atoms with Crippen molar-refractivity contribution >= 4 is 10.1 Å². The van der Waals surface area contributed by atoms with Crippen molar-refractivity contribution in [1.82, 2.24) is 0 Å². The first-order valence-corrected chi connectivity index (χ1v) is 5.33. The standard InChI is InChI=1S/C7H16O3S/c1-6(7(2,3)4)10-11(5,8)9/h6H,1-5H3. The maximum Gasteiger partial charge on any atom is 0.264 e. The molecule has 0 heterocycles. The Kier molecular flexibility index (Phi) is 3.08. The van der Waals surface area contributed by atoms with Crippen LogP contribution in [0.5, 0.6) is 0 Å². The molecule has 1 atom stereocenters. The predicted octanol–water partition coefficient (Wildman–Crippen LogP) is 1.40. The van der Waals surface area contributed by atoms with E-state index >= 15 is 0 Å². The highest BCUT2D eigenvalue weighted by molar-refractivity contribution is 7.86. The average Bonchev–Trinajstić information content (AvgIpc) is 1.56. The van der Waals surface area contributed by atoms with Crippen LogP contribution in [0.1, 0.15) is 27.7 Å². The number of hydrogen-bond acceptors (Lipinski definition) is 3. The fourth-order valence-electron chi connectivity index (χ4n) is 0.407. The smallest absolute Gasteiger partial charge is 0.264 e. The third-order valence-electron chi connectivity index (χ3n) is 1.54. The predicted molar refractivity (Wildman–Crippen MR) is 44.8 cm³/mol. The lowest BCUT2D eigenvalue weighted by Gasteiger charge is -2.25. The van der Waals surface area contributed by atoms with Crippen molar-refractivity contribution in [2.24, 2.45) is 5.41 Å². The van der Waals surface area contributed by atoms with Crippen LogP contribution in [0.4, 0.5) is 0 Å². The summed E-state index contributed by atoms with van der Waals surface area (Å²) in [7, 11) is -3.31. The van der Waals surface area contributed by atoms with E-state index in [1.165, 1.54) is 0 Å². The second kappa shape index (κ2) is 3.11. The molecule has 3 nitrogen and oxygen atoms in total. The van der Waals surface area contributed by atoms with Gasteiger partial charge >= 0.3 is 0 Å². The summed E-state index contributed by atoms with van der Waals surface area (Å²) in [5.41, 5.74) is -0.136. The first kappa shape index (κ1) is 10.9. The highest BCUT2D eigenvalue weighted by atomic mass is 32.2. The summed E-state index contributed by atoms with van der Waals surface area (Å²) in [6.07, 6.45) is 0.785. The lowest BCUT2D eigenvalue weighted by atomic mass is 9.91. The molecule has 0 saturated carbocycles. The van der Waals surface area contributed by atoms with Crippen LogP contribution in [0.25, 0.3) is 0 Å². The molecule has 11 heavy (non-hydrogen) atoms. The molecule has 0 aliphatic rings. The van der Waals surface area contributed by atoms with Crippen LogP contribution in [0, 0.1) is 5.41 Å².